The largest absolute Gasteiger partial charge is 0.478 e. The lowest BCUT2D eigenvalue weighted by Gasteiger charge is -2.27. The second-order valence-electron chi connectivity index (χ2n) is 7.37. The highest BCUT2D eigenvalue weighted by Crippen LogP contribution is 2.51. The number of benzene rings is 1. The molecular formula is C19H20N2O3. The number of para-hydroxylation sites is 2. The molecule has 5 rings (SSSR count). The molecule has 0 aromatic heterocycles. The Morgan fingerprint density at radius 1 is 1.17 bits per heavy atom. The molecule has 2 fully saturated rings. The average Bonchev–Trinajstić information content (AvgIpc) is 3.28. The predicted octanol–water partition coefficient (Wildman–Crippen LogP) is 2.06. The molecule has 2 aliphatic heterocycles. The molecule has 4 aliphatic rings. The predicted molar refractivity (Wildman–Crippen MR) is 88.4 cm³/mol. The molecule has 0 spiro atoms. The van der Waals surface area contributed by atoms with Gasteiger partial charge in [0.15, 0.2) is 6.10 Å². The quantitative estimate of drug-likeness (QED) is 0.847. The minimum absolute atomic E-state index is 0.0309. The summed E-state index contributed by atoms with van der Waals surface area (Å²) in [6, 6.07) is 7.32. The van der Waals surface area contributed by atoms with E-state index in [0.29, 0.717) is 35.1 Å². The van der Waals surface area contributed by atoms with Gasteiger partial charge in [-0.1, -0.05) is 24.3 Å². The first-order chi connectivity index (χ1) is 11.7. The Bertz CT molecular complexity index is 724. The zero-order valence-corrected chi connectivity index (χ0v) is 13.4. The van der Waals surface area contributed by atoms with E-state index in [4.69, 9.17) is 4.74 Å². The summed E-state index contributed by atoms with van der Waals surface area (Å²) in [7, 11) is 0. The van der Waals surface area contributed by atoms with E-state index in [1.807, 2.05) is 23.1 Å². The third-order valence-corrected chi connectivity index (χ3v) is 6.08. The lowest BCUT2D eigenvalue weighted by molar-refractivity contribution is -0.136. The van der Waals surface area contributed by atoms with E-state index in [0.717, 1.165) is 13.1 Å². The molecule has 3 unspecified atom stereocenters. The van der Waals surface area contributed by atoms with E-state index >= 15 is 0 Å². The molecule has 1 N–H and O–H groups in total. The topological polar surface area (TPSA) is 58.6 Å². The smallest absolute Gasteiger partial charge is 0.266 e. The molecule has 2 heterocycles. The van der Waals surface area contributed by atoms with Crippen molar-refractivity contribution in [2.24, 2.45) is 23.7 Å². The fourth-order valence-electron chi connectivity index (χ4n) is 4.87. The van der Waals surface area contributed by atoms with Gasteiger partial charge in [0.2, 0.25) is 5.91 Å². The maximum Gasteiger partial charge on any atom is 0.266 e. The van der Waals surface area contributed by atoms with Crippen LogP contribution >= 0.6 is 0 Å². The minimum atomic E-state index is -0.734. The number of nitrogens with one attached hydrogen (secondary N) is 1. The summed E-state index contributed by atoms with van der Waals surface area (Å²) in [6.07, 6.45) is 5.30. The van der Waals surface area contributed by atoms with Gasteiger partial charge in [0.1, 0.15) is 5.75 Å². The van der Waals surface area contributed by atoms with Crippen molar-refractivity contribution in [2.45, 2.75) is 18.9 Å². The van der Waals surface area contributed by atoms with Crippen LogP contribution in [-0.4, -0.2) is 35.9 Å². The molecule has 1 saturated heterocycles. The van der Waals surface area contributed by atoms with Crippen LogP contribution in [0, 0.1) is 23.7 Å². The van der Waals surface area contributed by atoms with Crippen molar-refractivity contribution in [1.82, 2.24) is 4.90 Å². The number of anilines is 1. The zero-order chi connectivity index (χ0) is 16.3. The van der Waals surface area contributed by atoms with Crippen LogP contribution in [0.1, 0.15) is 12.8 Å². The summed E-state index contributed by atoms with van der Waals surface area (Å²) in [5.74, 6) is 2.97. The van der Waals surface area contributed by atoms with Crippen LogP contribution in [0.4, 0.5) is 5.69 Å². The molecule has 1 aromatic carbocycles. The van der Waals surface area contributed by atoms with Crippen molar-refractivity contribution in [3.8, 4) is 5.75 Å². The van der Waals surface area contributed by atoms with Gasteiger partial charge in [-0.2, -0.15) is 0 Å². The van der Waals surface area contributed by atoms with Gasteiger partial charge >= 0.3 is 0 Å². The van der Waals surface area contributed by atoms with Crippen LogP contribution in [-0.2, 0) is 9.59 Å². The zero-order valence-electron chi connectivity index (χ0n) is 13.4. The van der Waals surface area contributed by atoms with Gasteiger partial charge in [0.05, 0.1) is 12.1 Å². The van der Waals surface area contributed by atoms with Gasteiger partial charge in [-0.25, -0.2) is 0 Å². The van der Waals surface area contributed by atoms with Gasteiger partial charge in [0.25, 0.3) is 5.91 Å². The van der Waals surface area contributed by atoms with Crippen LogP contribution in [0.2, 0.25) is 0 Å². The number of carbonyl (C=O) groups is 2. The summed E-state index contributed by atoms with van der Waals surface area (Å²) >= 11 is 0. The first kappa shape index (κ1) is 14.1. The first-order valence-electron chi connectivity index (χ1n) is 8.71. The molecule has 1 saturated carbocycles. The van der Waals surface area contributed by atoms with Crippen LogP contribution in [0.3, 0.4) is 0 Å². The maximum absolute atomic E-state index is 12.7. The van der Waals surface area contributed by atoms with E-state index in [1.165, 1.54) is 6.42 Å². The summed E-state index contributed by atoms with van der Waals surface area (Å²) in [5.41, 5.74) is 0.671. The third-order valence-electron chi connectivity index (χ3n) is 6.08. The number of amides is 2. The molecule has 5 heteroatoms. The molecule has 2 amide bonds. The Labute approximate surface area is 140 Å². The fourth-order valence-corrected chi connectivity index (χ4v) is 4.87. The molecule has 124 valence electrons. The van der Waals surface area contributed by atoms with Crippen molar-refractivity contribution in [2.75, 3.05) is 18.4 Å². The Balaban J connectivity index is 1.26. The standard InChI is InChI=1S/C19H20N2O3/c22-18(21-9-13-11-5-6-12(7-11)14(13)10-21)8-17-19(23)20-15-3-1-2-4-16(15)24-17/h1-6,11-14,17H,7-10H2,(H,20,23)/t11?,12?,13-,14+,17?. The highest BCUT2D eigenvalue weighted by molar-refractivity contribution is 5.99. The molecule has 24 heavy (non-hydrogen) atoms. The summed E-state index contributed by atoms with van der Waals surface area (Å²) < 4.78 is 5.75. The second-order valence-corrected chi connectivity index (χ2v) is 7.37. The highest BCUT2D eigenvalue weighted by atomic mass is 16.5. The van der Waals surface area contributed by atoms with E-state index in [1.54, 1.807) is 6.07 Å². The van der Waals surface area contributed by atoms with Crippen molar-refractivity contribution < 1.29 is 14.3 Å². The van der Waals surface area contributed by atoms with Gasteiger partial charge < -0.3 is 15.0 Å². The Hall–Kier alpha value is -2.30. The Kier molecular flexibility index (Phi) is 2.99. The summed E-state index contributed by atoms with van der Waals surface area (Å²) in [5, 5.41) is 2.83. The SMILES string of the molecule is O=C1Nc2ccccc2OC1CC(=O)N1C[C@@H]2C3C=CC(C3)[C@@H]2C1. The number of nitrogens with zero attached hydrogens (tertiary/aromatic N) is 1. The minimum Gasteiger partial charge on any atom is -0.478 e. The van der Waals surface area contributed by atoms with E-state index in [-0.39, 0.29) is 18.2 Å². The summed E-state index contributed by atoms with van der Waals surface area (Å²) in [4.78, 5) is 26.8. The van der Waals surface area contributed by atoms with E-state index in [2.05, 4.69) is 17.5 Å². The monoisotopic (exact) mass is 324 g/mol. The van der Waals surface area contributed by atoms with Gasteiger partial charge in [-0.3, -0.25) is 9.59 Å². The van der Waals surface area contributed by atoms with E-state index < -0.39 is 6.10 Å². The Morgan fingerprint density at radius 2 is 1.88 bits per heavy atom. The third kappa shape index (κ3) is 2.07. The molecule has 5 nitrogen and oxygen atoms in total. The van der Waals surface area contributed by atoms with Gasteiger partial charge in [-0.15, -0.1) is 0 Å². The van der Waals surface area contributed by atoms with Crippen molar-refractivity contribution in [3.05, 3.63) is 36.4 Å². The second kappa shape index (κ2) is 5.10. The van der Waals surface area contributed by atoms with Crippen molar-refractivity contribution in [3.63, 3.8) is 0 Å². The fraction of sp³-hybridized carbons (Fsp3) is 0.474. The molecule has 5 atom stereocenters. The number of likely N-dealkylation sites (tertiary alicyclic amines) is 1. The molecule has 0 radical (unpaired) electrons. The first-order valence-corrected chi connectivity index (χ1v) is 8.71. The lowest BCUT2D eigenvalue weighted by Crippen LogP contribution is -2.42. The molecule has 1 aromatic rings. The van der Waals surface area contributed by atoms with Gasteiger partial charge in [-0.05, 0) is 42.2 Å². The Morgan fingerprint density at radius 3 is 2.62 bits per heavy atom. The van der Waals surface area contributed by atoms with Crippen LogP contribution in [0.25, 0.3) is 0 Å². The normalized spacial score (nSPS) is 35.4. The van der Waals surface area contributed by atoms with Gasteiger partial charge in [0, 0.05) is 13.1 Å². The number of fused-ring (bicyclic) bond motifs is 6. The van der Waals surface area contributed by atoms with E-state index in [9.17, 15) is 9.59 Å². The van der Waals surface area contributed by atoms with Crippen molar-refractivity contribution >= 4 is 17.5 Å². The molecular weight excluding hydrogens is 304 g/mol. The lowest BCUT2D eigenvalue weighted by atomic mass is 9.86. The highest BCUT2D eigenvalue weighted by Gasteiger charge is 2.50. The number of allylic oxidation sites excluding steroid dienone is 2. The van der Waals surface area contributed by atoms with Crippen molar-refractivity contribution in [1.29, 1.82) is 0 Å². The molecule has 2 bridgehead atoms. The number of ether oxygens (including phenoxy) is 1. The molecule has 2 aliphatic carbocycles. The summed E-state index contributed by atoms with van der Waals surface area (Å²) in [6.45, 7) is 1.67. The average molecular weight is 324 g/mol. The van der Waals surface area contributed by atoms with Crippen LogP contribution in [0.5, 0.6) is 5.75 Å². The maximum atomic E-state index is 12.7. The number of hydrogen-bond acceptors (Lipinski definition) is 3. The van der Waals surface area contributed by atoms with Crippen LogP contribution < -0.4 is 10.1 Å². The van der Waals surface area contributed by atoms with Crippen LogP contribution in [0.15, 0.2) is 36.4 Å². The number of rotatable bonds is 2. The number of carbonyl (C=O) groups excluding carboxylic acids is 2. The number of hydrogen-bond donors (Lipinski definition) is 1.